The lowest BCUT2D eigenvalue weighted by atomic mass is 9.94. The number of rotatable bonds is 8. The second-order valence-corrected chi connectivity index (χ2v) is 9.92. The quantitative estimate of drug-likeness (QED) is 0.248. The Balaban J connectivity index is 1.76. The molecule has 0 aliphatic heterocycles. The molecule has 0 aliphatic rings. The van der Waals surface area contributed by atoms with E-state index in [0.717, 1.165) is 22.5 Å². The lowest BCUT2D eigenvalue weighted by molar-refractivity contribution is -0.139. The van der Waals surface area contributed by atoms with E-state index >= 15 is 0 Å². The number of aryl methyl sites for hydroxylation is 1. The summed E-state index contributed by atoms with van der Waals surface area (Å²) >= 11 is 1.09. The van der Waals surface area contributed by atoms with Crippen molar-refractivity contribution in [3.05, 3.63) is 84.1 Å². The van der Waals surface area contributed by atoms with Crippen LogP contribution in [0.25, 0.3) is 28.0 Å². The zero-order chi connectivity index (χ0) is 26.2. The van der Waals surface area contributed by atoms with Gasteiger partial charge >= 0.3 is 5.97 Å². The Morgan fingerprint density at radius 2 is 1.62 bits per heavy atom. The third kappa shape index (κ3) is 4.21. The van der Waals surface area contributed by atoms with Crippen LogP contribution in [-0.4, -0.2) is 40.1 Å². The first kappa shape index (κ1) is 24.5. The zero-order valence-corrected chi connectivity index (χ0v) is 21.6. The van der Waals surface area contributed by atoms with E-state index in [1.54, 1.807) is 43.9 Å². The van der Waals surface area contributed by atoms with Crippen LogP contribution in [0, 0.1) is 6.92 Å². The van der Waals surface area contributed by atoms with Crippen molar-refractivity contribution >= 4 is 28.5 Å². The number of fused-ring (bicyclic) bond motifs is 1. The maximum Gasteiger partial charge on any atom is 0.324 e. The van der Waals surface area contributed by atoms with E-state index < -0.39 is 10.7 Å². The summed E-state index contributed by atoms with van der Waals surface area (Å²) in [7, 11) is 3.12. The van der Waals surface area contributed by atoms with Crippen LogP contribution in [0.15, 0.2) is 82.4 Å². The fraction of sp³-hybridized carbons (Fsp3) is 0.179. The summed E-state index contributed by atoms with van der Waals surface area (Å²) in [6.07, 6.45) is 0. The Morgan fingerprint density at radius 3 is 2.27 bits per heavy atom. The molecule has 0 fully saturated rings. The van der Waals surface area contributed by atoms with Crippen LogP contribution in [0.3, 0.4) is 0 Å². The molecule has 1 N–H and O–H groups in total. The molecule has 5 aromatic rings. The Labute approximate surface area is 217 Å². The van der Waals surface area contributed by atoms with Gasteiger partial charge in [0.1, 0.15) is 27.7 Å². The maximum absolute atomic E-state index is 12.9. The number of ether oxygens (including phenoxy) is 2. The number of methoxy groups -OCH3 is 2. The fourth-order valence-electron chi connectivity index (χ4n) is 4.34. The van der Waals surface area contributed by atoms with Gasteiger partial charge in [0.25, 0.3) is 0 Å². The number of carboxylic acids is 1. The highest BCUT2D eigenvalue weighted by atomic mass is 32.2. The molecule has 8 nitrogen and oxygen atoms in total. The van der Waals surface area contributed by atoms with Gasteiger partial charge in [0.15, 0.2) is 10.9 Å². The second kappa shape index (κ2) is 9.67. The Morgan fingerprint density at radius 1 is 0.946 bits per heavy atom. The summed E-state index contributed by atoms with van der Waals surface area (Å²) in [6, 6.07) is 22.4. The number of aromatic nitrogens is 3. The normalized spacial score (nSPS) is 12.9. The topological polar surface area (TPSA) is 99.6 Å². The number of nitrogens with zero attached hydrogens (tertiary/aromatic N) is 3. The van der Waals surface area contributed by atoms with Gasteiger partial charge in [0, 0.05) is 0 Å². The zero-order valence-electron chi connectivity index (χ0n) is 20.8. The molecule has 2 aromatic heterocycles. The van der Waals surface area contributed by atoms with Crippen molar-refractivity contribution in [3.8, 4) is 28.8 Å². The van der Waals surface area contributed by atoms with Crippen LogP contribution in [-0.2, 0) is 9.54 Å². The molecule has 0 aliphatic carbocycles. The summed E-state index contributed by atoms with van der Waals surface area (Å²) in [4.78, 5) is 12.9. The standard InChI is InChI=1S/C28H25N3O5S/c1-17-15-16-23(36-17)25-29-30-27(31(25)24-21(34-3)13-8-14-22(24)35-4)37-28(2,26(32)33)20-12-7-10-18-9-5-6-11-19(18)20/h5-16H,1-4H3,(H,32,33). The highest BCUT2D eigenvalue weighted by Gasteiger charge is 2.40. The average molecular weight is 516 g/mol. The third-order valence-electron chi connectivity index (χ3n) is 6.23. The molecular weight excluding hydrogens is 490 g/mol. The van der Waals surface area contributed by atoms with E-state index in [1.807, 2.05) is 61.5 Å². The van der Waals surface area contributed by atoms with Gasteiger partial charge < -0.3 is 19.0 Å². The van der Waals surface area contributed by atoms with Crippen LogP contribution in [0.5, 0.6) is 11.5 Å². The highest BCUT2D eigenvalue weighted by molar-refractivity contribution is 8.00. The van der Waals surface area contributed by atoms with Crippen molar-refractivity contribution in [2.75, 3.05) is 14.2 Å². The molecule has 5 rings (SSSR count). The lowest BCUT2D eigenvalue weighted by Crippen LogP contribution is -2.29. The predicted molar refractivity (Wildman–Crippen MR) is 142 cm³/mol. The van der Waals surface area contributed by atoms with Crippen molar-refractivity contribution in [1.29, 1.82) is 0 Å². The molecule has 0 saturated carbocycles. The molecule has 3 aromatic carbocycles. The predicted octanol–water partition coefficient (Wildman–Crippen LogP) is 6.10. The van der Waals surface area contributed by atoms with Crippen LogP contribution >= 0.6 is 11.8 Å². The van der Waals surface area contributed by atoms with Gasteiger partial charge in [-0.3, -0.25) is 9.36 Å². The highest BCUT2D eigenvalue weighted by Crippen LogP contribution is 2.46. The Bertz CT molecular complexity index is 1580. The van der Waals surface area contributed by atoms with Gasteiger partial charge in [0.05, 0.1) is 14.2 Å². The van der Waals surface area contributed by atoms with E-state index in [0.29, 0.717) is 45.3 Å². The molecule has 188 valence electrons. The largest absolute Gasteiger partial charge is 0.494 e. The maximum atomic E-state index is 12.9. The number of carbonyl (C=O) groups is 1. The minimum absolute atomic E-state index is 0.338. The van der Waals surface area contributed by atoms with Gasteiger partial charge in [-0.1, -0.05) is 60.3 Å². The first-order chi connectivity index (χ1) is 17.9. The van der Waals surface area contributed by atoms with Gasteiger partial charge in [-0.05, 0) is 54.4 Å². The fourth-order valence-corrected chi connectivity index (χ4v) is 5.43. The summed E-state index contributed by atoms with van der Waals surface area (Å²) in [5.41, 5.74) is 1.19. The number of hydrogen-bond acceptors (Lipinski definition) is 7. The number of thioether (sulfide) groups is 1. The molecular formula is C28H25N3O5S. The van der Waals surface area contributed by atoms with Crippen molar-refractivity contribution in [3.63, 3.8) is 0 Å². The van der Waals surface area contributed by atoms with Crippen molar-refractivity contribution < 1.29 is 23.8 Å². The molecule has 2 heterocycles. The third-order valence-corrected chi connectivity index (χ3v) is 7.48. The number of aliphatic carboxylic acids is 1. The lowest BCUT2D eigenvalue weighted by Gasteiger charge is -2.26. The summed E-state index contributed by atoms with van der Waals surface area (Å²) < 4.78 is 17.5. The van der Waals surface area contributed by atoms with Gasteiger partial charge in [-0.15, -0.1) is 10.2 Å². The Kier molecular flexibility index (Phi) is 6.39. The minimum Gasteiger partial charge on any atom is -0.494 e. The molecule has 0 bridgehead atoms. The van der Waals surface area contributed by atoms with Gasteiger partial charge in [-0.25, -0.2) is 0 Å². The SMILES string of the molecule is COc1cccc(OC)c1-n1c(SC(C)(C(=O)O)c2cccc3ccccc23)nnc1-c1ccc(C)o1. The van der Waals surface area contributed by atoms with Crippen LogP contribution in [0.2, 0.25) is 0 Å². The first-order valence-corrected chi connectivity index (χ1v) is 12.3. The molecule has 1 unspecified atom stereocenters. The molecule has 0 spiro atoms. The van der Waals surface area contributed by atoms with Crippen LogP contribution in [0.1, 0.15) is 18.2 Å². The summed E-state index contributed by atoms with van der Waals surface area (Å²) in [6.45, 7) is 3.52. The molecule has 0 saturated heterocycles. The van der Waals surface area contributed by atoms with Gasteiger partial charge in [-0.2, -0.15) is 0 Å². The van der Waals surface area contributed by atoms with E-state index in [2.05, 4.69) is 10.2 Å². The van der Waals surface area contributed by atoms with Gasteiger partial charge in [0.2, 0.25) is 5.82 Å². The molecule has 1 atom stereocenters. The van der Waals surface area contributed by atoms with E-state index in [4.69, 9.17) is 13.9 Å². The summed E-state index contributed by atoms with van der Waals surface area (Å²) in [5.74, 6) is 1.58. The average Bonchev–Trinajstić information content (AvgIpc) is 3.53. The number of benzene rings is 3. The van der Waals surface area contributed by atoms with Crippen molar-refractivity contribution in [2.45, 2.75) is 23.8 Å². The molecule has 37 heavy (non-hydrogen) atoms. The number of hydrogen-bond donors (Lipinski definition) is 1. The number of para-hydroxylation sites is 1. The molecule has 9 heteroatoms. The van der Waals surface area contributed by atoms with E-state index in [-0.39, 0.29) is 0 Å². The van der Waals surface area contributed by atoms with Crippen LogP contribution < -0.4 is 9.47 Å². The smallest absolute Gasteiger partial charge is 0.324 e. The van der Waals surface area contributed by atoms with Crippen LogP contribution in [0.4, 0.5) is 0 Å². The van der Waals surface area contributed by atoms with Crippen molar-refractivity contribution in [1.82, 2.24) is 14.8 Å². The number of furan rings is 1. The van der Waals surface area contributed by atoms with Crippen molar-refractivity contribution in [2.24, 2.45) is 0 Å². The van der Waals surface area contributed by atoms with E-state index in [9.17, 15) is 9.90 Å². The summed E-state index contributed by atoms with van der Waals surface area (Å²) in [5, 5.41) is 21.6. The molecule has 0 amide bonds. The molecule has 0 radical (unpaired) electrons. The monoisotopic (exact) mass is 515 g/mol. The van der Waals surface area contributed by atoms with E-state index in [1.165, 1.54) is 0 Å². The Hall–Kier alpha value is -4.24. The first-order valence-electron chi connectivity index (χ1n) is 11.5. The number of carboxylic acid groups (broad SMARTS) is 1. The second-order valence-electron chi connectivity index (χ2n) is 8.53. The minimum atomic E-state index is -1.41.